The van der Waals surface area contributed by atoms with Gasteiger partial charge < -0.3 is 20.3 Å². The topological polar surface area (TPSA) is 85.3 Å². The van der Waals surface area contributed by atoms with Gasteiger partial charge in [0, 0.05) is 38.6 Å². The maximum Gasteiger partial charge on any atom is 0.345 e. The van der Waals surface area contributed by atoms with Crippen LogP contribution >= 0.6 is 0 Å². The lowest BCUT2D eigenvalue weighted by Crippen LogP contribution is -2.55. The highest BCUT2D eigenvalue weighted by Crippen LogP contribution is 2.18. The van der Waals surface area contributed by atoms with Crippen LogP contribution in [0.4, 0.5) is 0 Å². The Bertz CT molecular complexity index is 557. The van der Waals surface area contributed by atoms with Gasteiger partial charge in [0.15, 0.2) is 6.10 Å². The number of hydrogen-bond donors (Lipinski definition) is 3. The molecule has 0 aliphatic carbocycles. The largest absolute Gasteiger partial charge is 0.479 e. The van der Waals surface area contributed by atoms with Gasteiger partial charge in [0.2, 0.25) is 0 Å². The molecule has 1 aromatic rings. The zero-order chi connectivity index (χ0) is 18.4. The second-order valence-electron chi connectivity index (χ2n) is 7.03. The predicted octanol–water partition coefficient (Wildman–Crippen LogP) is 0.597. The van der Waals surface area contributed by atoms with Crippen molar-refractivity contribution in [3.8, 4) is 5.75 Å². The molecule has 2 fully saturated rings. The third-order valence-corrected chi connectivity index (χ3v) is 5.32. The van der Waals surface area contributed by atoms with E-state index in [1.807, 2.05) is 11.0 Å². The number of nitrogens with one attached hydrogen (secondary N) is 1. The second kappa shape index (κ2) is 9.32. The van der Waals surface area contributed by atoms with Gasteiger partial charge in [-0.1, -0.05) is 18.2 Å². The Kier molecular flexibility index (Phi) is 6.85. The van der Waals surface area contributed by atoms with Crippen LogP contribution in [0.2, 0.25) is 0 Å². The number of nitrogens with zero attached hydrogens (tertiary/aromatic N) is 2. The first-order valence-electron chi connectivity index (χ1n) is 9.45. The number of carbonyl (C=O) groups is 1. The van der Waals surface area contributed by atoms with Gasteiger partial charge in [-0.3, -0.25) is 9.80 Å². The molecule has 7 nitrogen and oxygen atoms in total. The summed E-state index contributed by atoms with van der Waals surface area (Å²) in [5.41, 5.74) is 0. The van der Waals surface area contributed by atoms with Crippen LogP contribution in [0.1, 0.15) is 19.3 Å². The van der Waals surface area contributed by atoms with Crippen LogP contribution < -0.4 is 10.1 Å². The molecule has 0 aromatic heterocycles. The van der Waals surface area contributed by atoms with E-state index in [0.29, 0.717) is 11.8 Å². The predicted molar refractivity (Wildman–Crippen MR) is 98.2 cm³/mol. The lowest BCUT2D eigenvalue weighted by atomic mass is 10.0. The minimum absolute atomic E-state index is 0.0532. The molecular weight excluding hydrogens is 334 g/mol. The molecule has 144 valence electrons. The van der Waals surface area contributed by atoms with Crippen LogP contribution in [0.25, 0.3) is 0 Å². The fourth-order valence-corrected chi connectivity index (χ4v) is 3.78. The lowest BCUT2D eigenvalue weighted by molar-refractivity contribution is -0.149. The first kappa shape index (κ1) is 19.1. The average molecular weight is 363 g/mol. The van der Waals surface area contributed by atoms with Crippen molar-refractivity contribution in [1.82, 2.24) is 15.1 Å². The van der Waals surface area contributed by atoms with Gasteiger partial charge in [-0.25, -0.2) is 4.79 Å². The Labute approximate surface area is 154 Å². The van der Waals surface area contributed by atoms with Crippen LogP contribution in [-0.2, 0) is 4.79 Å². The number of para-hydroxylation sites is 1. The van der Waals surface area contributed by atoms with Crippen LogP contribution in [0, 0.1) is 0 Å². The van der Waals surface area contributed by atoms with Gasteiger partial charge in [0.25, 0.3) is 0 Å². The number of hydrogen-bond acceptors (Lipinski definition) is 6. The van der Waals surface area contributed by atoms with Crippen LogP contribution in [0.15, 0.2) is 30.3 Å². The molecule has 3 N–H and O–H groups in total. The Hall–Kier alpha value is -1.67. The summed E-state index contributed by atoms with van der Waals surface area (Å²) in [6.45, 7) is 5.48. The minimum atomic E-state index is -1.06. The first-order chi connectivity index (χ1) is 12.6. The van der Waals surface area contributed by atoms with Crippen molar-refractivity contribution in [1.29, 1.82) is 0 Å². The number of aliphatic carboxylic acids is 1. The van der Waals surface area contributed by atoms with Gasteiger partial charge in [-0.2, -0.15) is 0 Å². The zero-order valence-electron chi connectivity index (χ0n) is 15.1. The maximum absolute atomic E-state index is 11.5. The summed E-state index contributed by atoms with van der Waals surface area (Å²) in [4.78, 5) is 16.0. The molecule has 0 amide bonds. The number of piperidine rings is 1. The number of piperazine rings is 1. The fraction of sp³-hybridized carbons (Fsp3) is 0.632. The molecule has 0 radical (unpaired) electrons. The number of aliphatic hydroxyl groups excluding tert-OH is 1. The van der Waals surface area contributed by atoms with Gasteiger partial charge in [0.05, 0.1) is 0 Å². The normalized spacial score (nSPS) is 22.7. The van der Waals surface area contributed by atoms with Gasteiger partial charge >= 0.3 is 5.97 Å². The summed E-state index contributed by atoms with van der Waals surface area (Å²) >= 11 is 0. The summed E-state index contributed by atoms with van der Waals surface area (Å²) in [6, 6.07) is 9.51. The molecule has 2 heterocycles. The van der Waals surface area contributed by atoms with Gasteiger partial charge in [0.1, 0.15) is 12.0 Å². The Morgan fingerprint density at radius 1 is 1.15 bits per heavy atom. The molecular formula is C19H29N3O4. The molecule has 2 aliphatic heterocycles. The third-order valence-electron chi connectivity index (χ3n) is 5.32. The summed E-state index contributed by atoms with van der Waals surface area (Å²) in [6.07, 6.45) is 0.533. The number of ether oxygens (including phenoxy) is 1. The van der Waals surface area contributed by atoms with E-state index in [9.17, 15) is 15.0 Å². The van der Waals surface area contributed by atoms with E-state index in [4.69, 9.17) is 4.74 Å². The monoisotopic (exact) mass is 363 g/mol. The van der Waals surface area contributed by atoms with Gasteiger partial charge in [-0.05, 0) is 38.1 Å². The fourth-order valence-electron chi connectivity index (χ4n) is 3.78. The first-order valence-corrected chi connectivity index (χ1v) is 9.45. The lowest BCUT2D eigenvalue weighted by Gasteiger charge is -2.42. The molecule has 7 heteroatoms. The zero-order valence-corrected chi connectivity index (χ0v) is 15.1. The summed E-state index contributed by atoms with van der Waals surface area (Å²) in [5.74, 6) is -0.552. The number of aliphatic hydroxyl groups is 1. The highest BCUT2D eigenvalue weighted by molar-refractivity contribution is 5.72. The molecule has 2 aliphatic rings. The van der Waals surface area contributed by atoms with E-state index in [0.717, 1.165) is 39.3 Å². The molecule has 26 heavy (non-hydrogen) atoms. The van der Waals surface area contributed by atoms with E-state index in [-0.39, 0.29) is 6.42 Å². The van der Waals surface area contributed by atoms with Crippen molar-refractivity contribution in [2.24, 2.45) is 0 Å². The Morgan fingerprint density at radius 2 is 1.81 bits per heavy atom. The molecule has 0 spiro atoms. The van der Waals surface area contributed by atoms with E-state index >= 15 is 0 Å². The molecule has 2 unspecified atom stereocenters. The average Bonchev–Trinajstić information content (AvgIpc) is 2.69. The highest BCUT2D eigenvalue weighted by atomic mass is 16.5. The molecule has 0 bridgehead atoms. The third kappa shape index (κ3) is 5.17. The number of carboxylic acid groups (broad SMARTS) is 1. The van der Waals surface area contributed by atoms with Crippen molar-refractivity contribution < 1.29 is 19.7 Å². The molecule has 0 saturated carbocycles. The quantitative estimate of drug-likeness (QED) is 0.654. The second-order valence-corrected chi connectivity index (χ2v) is 7.03. The molecule has 3 rings (SSSR count). The maximum atomic E-state index is 11.5. The number of rotatable bonds is 7. The molecule has 2 atom stereocenters. The Balaban J connectivity index is 1.48. The summed E-state index contributed by atoms with van der Waals surface area (Å²) < 4.78 is 5.55. The van der Waals surface area contributed by atoms with Crippen LogP contribution in [0.5, 0.6) is 5.75 Å². The number of benzene rings is 1. The molecule has 1 aromatic carbocycles. The molecule has 2 saturated heterocycles. The smallest absolute Gasteiger partial charge is 0.345 e. The summed E-state index contributed by atoms with van der Waals surface area (Å²) in [7, 11) is 0. The van der Waals surface area contributed by atoms with E-state index in [1.165, 1.54) is 12.8 Å². The van der Waals surface area contributed by atoms with E-state index < -0.39 is 18.3 Å². The minimum Gasteiger partial charge on any atom is -0.479 e. The van der Waals surface area contributed by atoms with Crippen molar-refractivity contribution in [2.75, 3.05) is 39.3 Å². The Morgan fingerprint density at radius 3 is 2.42 bits per heavy atom. The van der Waals surface area contributed by atoms with Crippen LogP contribution in [-0.4, -0.2) is 83.6 Å². The van der Waals surface area contributed by atoms with Crippen molar-refractivity contribution in [3.63, 3.8) is 0 Å². The standard InChI is InChI=1S/C19H29N3O4/c23-18(14-17(19(24)25)26-16-4-2-1-3-5-16)22-12-10-21(11-13-22)15-6-8-20-9-7-15/h1-5,15,17-18,20,23H,6-14H2,(H,24,25). The number of carboxylic acids is 1. The van der Waals surface area contributed by atoms with E-state index in [2.05, 4.69) is 10.2 Å². The van der Waals surface area contributed by atoms with Crippen LogP contribution in [0.3, 0.4) is 0 Å². The highest BCUT2D eigenvalue weighted by Gasteiger charge is 2.31. The van der Waals surface area contributed by atoms with Crippen molar-refractivity contribution >= 4 is 5.97 Å². The summed E-state index contributed by atoms with van der Waals surface area (Å²) in [5, 5.41) is 23.3. The van der Waals surface area contributed by atoms with E-state index in [1.54, 1.807) is 24.3 Å². The SMILES string of the molecule is O=C(O)C(CC(O)N1CCN(C2CCNCC2)CC1)Oc1ccccc1. The van der Waals surface area contributed by atoms with Gasteiger partial charge in [-0.15, -0.1) is 0 Å². The van der Waals surface area contributed by atoms with Crippen molar-refractivity contribution in [3.05, 3.63) is 30.3 Å². The van der Waals surface area contributed by atoms with Crippen molar-refractivity contribution in [2.45, 2.75) is 37.6 Å².